The number of nitrogens with zero attached hydrogens (tertiary/aromatic N) is 4. The van der Waals surface area contributed by atoms with E-state index in [1.165, 1.54) is 18.6 Å². The molecule has 174 valence electrons. The van der Waals surface area contributed by atoms with Gasteiger partial charge < -0.3 is 24.9 Å². The zero-order valence-electron chi connectivity index (χ0n) is 18.9. The molecule has 33 heavy (non-hydrogen) atoms. The molecule has 0 spiro atoms. The minimum absolute atomic E-state index is 0.00374. The summed E-state index contributed by atoms with van der Waals surface area (Å²) in [5, 5.41) is 14.0. The summed E-state index contributed by atoms with van der Waals surface area (Å²) in [6, 6.07) is 13.8. The molecule has 2 N–H and O–H groups in total. The highest BCUT2D eigenvalue weighted by atomic mass is 19.1. The molecule has 0 radical (unpaired) electrons. The van der Waals surface area contributed by atoms with Crippen LogP contribution in [0.3, 0.4) is 0 Å². The molecule has 2 aromatic carbocycles. The smallest absolute Gasteiger partial charge is 0.315 e. The number of nitrogens with one attached hydrogen (secondary N) is 2. The van der Waals surface area contributed by atoms with E-state index in [4.69, 9.17) is 4.42 Å². The first-order valence-electron chi connectivity index (χ1n) is 11.1. The van der Waals surface area contributed by atoms with E-state index < -0.39 is 11.7 Å². The Labute approximate surface area is 192 Å². The molecule has 3 aromatic rings. The van der Waals surface area contributed by atoms with Crippen molar-refractivity contribution < 1.29 is 13.6 Å². The second-order valence-corrected chi connectivity index (χ2v) is 8.39. The van der Waals surface area contributed by atoms with Crippen molar-refractivity contribution in [2.75, 3.05) is 50.9 Å². The molecule has 1 aliphatic rings. The molecular weight excluding hydrogens is 423 g/mol. The number of likely N-dealkylation sites (N-methyl/N-ethyl adjacent to an activating group) is 2. The van der Waals surface area contributed by atoms with Crippen molar-refractivity contribution in [3.05, 3.63) is 59.9 Å². The number of benzene rings is 2. The molecule has 1 atom stereocenters. The van der Waals surface area contributed by atoms with Gasteiger partial charge in [-0.25, -0.2) is 4.39 Å². The van der Waals surface area contributed by atoms with E-state index >= 15 is 0 Å². The largest absolute Gasteiger partial charge is 0.403 e. The standard InChI is InChI=1S/C24H29FN6O2/c1-30-15-12-19(16-30)31(2)14-5-13-26-24-29-28-23(33-24)17-8-10-18(11-9-17)27-22(32)20-6-3-4-7-21(20)25/h3-4,6-11,19H,5,12-16H2,1-2H3,(H,26,29)(H,27,32). The van der Waals surface area contributed by atoms with E-state index in [1.54, 1.807) is 36.4 Å². The van der Waals surface area contributed by atoms with Gasteiger partial charge in [0.2, 0.25) is 5.89 Å². The summed E-state index contributed by atoms with van der Waals surface area (Å²) in [5.41, 5.74) is 1.27. The lowest BCUT2D eigenvalue weighted by Gasteiger charge is -2.23. The third-order valence-electron chi connectivity index (χ3n) is 5.89. The number of amides is 1. The fourth-order valence-electron chi connectivity index (χ4n) is 3.93. The summed E-state index contributed by atoms with van der Waals surface area (Å²) < 4.78 is 19.5. The summed E-state index contributed by atoms with van der Waals surface area (Å²) in [4.78, 5) is 17.0. The van der Waals surface area contributed by atoms with Crippen LogP contribution in [0.2, 0.25) is 0 Å². The Morgan fingerprint density at radius 2 is 2.00 bits per heavy atom. The quantitative estimate of drug-likeness (QED) is 0.480. The maximum absolute atomic E-state index is 13.8. The van der Waals surface area contributed by atoms with Gasteiger partial charge in [0, 0.05) is 30.4 Å². The van der Waals surface area contributed by atoms with Gasteiger partial charge in [-0.05, 0) is 76.4 Å². The van der Waals surface area contributed by atoms with Crippen molar-refractivity contribution >= 4 is 17.6 Å². The minimum Gasteiger partial charge on any atom is -0.403 e. The van der Waals surface area contributed by atoms with Gasteiger partial charge in [-0.3, -0.25) is 4.79 Å². The van der Waals surface area contributed by atoms with Crippen LogP contribution in [0.5, 0.6) is 0 Å². The fourth-order valence-corrected chi connectivity index (χ4v) is 3.93. The second kappa shape index (κ2) is 10.5. The molecule has 1 fully saturated rings. The van der Waals surface area contributed by atoms with Gasteiger partial charge >= 0.3 is 6.01 Å². The summed E-state index contributed by atoms with van der Waals surface area (Å²) >= 11 is 0. The van der Waals surface area contributed by atoms with Gasteiger partial charge in [-0.1, -0.05) is 17.2 Å². The maximum Gasteiger partial charge on any atom is 0.315 e. The molecule has 1 amide bonds. The molecule has 1 aliphatic heterocycles. The number of hydrogen-bond acceptors (Lipinski definition) is 7. The molecule has 1 aromatic heterocycles. The Bertz CT molecular complexity index is 1070. The first-order chi connectivity index (χ1) is 16.0. The Morgan fingerprint density at radius 3 is 2.73 bits per heavy atom. The molecule has 9 heteroatoms. The Kier molecular flexibility index (Phi) is 7.31. The topological polar surface area (TPSA) is 86.5 Å². The van der Waals surface area contributed by atoms with Crippen LogP contribution in [0.4, 0.5) is 16.1 Å². The highest BCUT2D eigenvalue weighted by molar-refractivity contribution is 6.04. The van der Waals surface area contributed by atoms with Crippen molar-refractivity contribution in [3.63, 3.8) is 0 Å². The molecule has 1 unspecified atom stereocenters. The predicted octanol–water partition coefficient (Wildman–Crippen LogP) is 3.57. The molecule has 0 aliphatic carbocycles. The summed E-state index contributed by atoms with van der Waals surface area (Å²) in [7, 11) is 4.34. The van der Waals surface area contributed by atoms with Crippen molar-refractivity contribution in [1.29, 1.82) is 0 Å². The molecule has 4 rings (SSSR count). The van der Waals surface area contributed by atoms with Crippen LogP contribution < -0.4 is 10.6 Å². The van der Waals surface area contributed by atoms with Crippen LogP contribution in [0, 0.1) is 5.82 Å². The average molecular weight is 453 g/mol. The van der Waals surface area contributed by atoms with Gasteiger partial charge in [0.25, 0.3) is 5.91 Å². The summed E-state index contributed by atoms with van der Waals surface area (Å²) in [6.07, 6.45) is 2.20. The van der Waals surface area contributed by atoms with Crippen LogP contribution in [0.25, 0.3) is 11.5 Å². The van der Waals surface area contributed by atoms with Crippen molar-refractivity contribution in [2.45, 2.75) is 18.9 Å². The monoisotopic (exact) mass is 452 g/mol. The SMILES string of the molecule is CN1CCC(N(C)CCCNc2nnc(-c3ccc(NC(=O)c4ccccc4F)cc3)o2)C1. The number of rotatable bonds is 9. The highest BCUT2D eigenvalue weighted by Gasteiger charge is 2.22. The average Bonchev–Trinajstić information content (AvgIpc) is 3.46. The molecule has 0 bridgehead atoms. The van der Waals surface area contributed by atoms with E-state index in [0.29, 0.717) is 23.6 Å². The van der Waals surface area contributed by atoms with E-state index in [-0.39, 0.29) is 5.56 Å². The highest BCUT2D eigenvalue weighted by Crippen LogP contribution is 2.22. The second-order valence-electron chi connectivity index (χ2n) is 8.39. The number of likely N-dealkylation sites (tertiary alicyclic amines) is 1. The van der Waals surface area contributed by atoms with Gasteiger partial charge in [0.05, 0.1) is 5.56 Å². The number of carbonyl (C=O) groups is 1. The third-order valence-corrected chi connectivity index (χ3v) is 5.89. The van der Waals surface area contributed by atoms with Gasteiger partial charge in [0.1, 0.15) is 5.82 Å². The van der Waals surface area contributed by atoms with Crippen LogP contribution in [0.15, 0.2) is 52.9 Å². The van der Waals surface area contributed by atoms with Crippen molar-refractivity contribution in [2.24, 2.45) is 0 Å². The van der Waals surface area contributed by atoms with E-state index in [2.05, 4.69) is 44.7 Å². The van der Waals surface area contributed by atoms with Crippen LogP contribution in [0.1, 0.15) is 23.2 Å². The predicted molar refractivity (Wildman–Crippen MR) is 126 cm³/mol. The number of anilines is 2. The first-order valence-corrected chi connectivity index (χ1v) is 11.1. The third kappa shape index (κ3) is 5.94. The van der Waals surface area contributed by atoms with Crippen molar-refractivity contribution in [3.8, 4) is 11.5 Å². The van der Waals surface area contributed by atoms with Gasteiger partial charge in [-0.15, -0.1) is 5.10 Å². The van der Waals surface area contributed by atoms with E-state index in [0.717, 1.165) is 38.2 Å². The zero-order valence-corrected chi connectivity index (χ0v) is 18.9. The van der Waals surface area contributed by atoms with Crippen molar-refractivity contribution in [1.82, 2.24) is 20.0 Å². The molecule has 8 nitrogen and oxygen atoms in total. The lowest BCUT2D eigenvalue weighted by molar-refractivity contribution is 0.102. The molecule has 1 saturated heterocycles. The molecular formula is C24H29FN6O2. The molecule has 0 saturated carbocycles. The number of halogens is 1. The Morgan fingerprint density at radius 1 is 1.21 bits per heavy atom. The number of aromatic nitrogens is 2. The van der Waals surface area contributed by atoms with Gasteiger partial charge in [0.15, 0.2) is 0 Å². The fraction of sp³-hybridized carbons (Fsp3) is 0.375. The molecule has 2 heterocycles. The van der Waals surface area contributed by atoms with Gasteiger partial charge in [-0.2, -0.15) is 0 Å². The summed E-state index contributed by atoms with van der Waals surface area (Å²) in [6.45, 7) is 4.04. The number of carbonyl (C=O) groups excluding carboxylic acids is 1. The van der Waals surface area contributed by atoms with E-state index in [1.807, 2.05) is 0 Å². The first kappa shape index (κ1) is 22.9. The zero-order chi connectivity index (χ0) is 23.2. The Hall–Kier alpha value is -3.30. The van der Waals surface area contributed by atoms with Crippen LogP contribution in [-0.2, 0) is 0 Å². The van der Waals surface area contributed by atoms with Crippen LogP contribution >= 0.6 is 0 Å². The minimum atomic E-state index is -0.560. The van der Waals surface area contributed by atoms with Crippen LogP contribution in [-0.4, -0.2) is 72.2 Å². The Balaban J connectivity index is 1.25. The normalized spacial score (nSPS) is 16.3. The maximum atomic E-state index is 13.8. The lowest BCUT2D eigenvalue weighted by Crippen LogP contribution is -2.35. The number of hydrogen-bond donors (Lipinski definition) is 2. The lowest BCUT2D eigenvalue weighted by atomic mass is 10.1. The summed E-state index contributed by atoms with van der Waals surface area (Å²) in [5.74, 6) is -0.679. The van der Waals surface area contributed by atoms with E-state index in [9.17, 15) is 9.18 Å².